The fourth-order valence-corrected chi connectivity index (χ4v) is 4.42. The average Bonchev–Trinajstić information content (AvgIpc) is 3.26. The lowest BCUT2D eigenvalue weighted by Gasteiger charge is -2.38. The summed E-state index contributed by atoms with van der Waals surface area (Å²) in [5.41, 5.74) is 4.14. The Kier molecular flexibility index (Phi) is 4.04. The van der Waals surface area contributed by atoms with Crippen LogP contribution in [0.25, 0.3) is 5.70 Å². The molecule has 0 aliphatic carbocycles. The third-order valence-corrected chi connectivity index (χ3v) is 5.76. The molecular weight excluding hydrogens is 417 g/mol. The topological polar surface area (TPSA) is 64.9 Å². The monoisotopic (exact) mass is 431 g/mol. The molecular formula is C23H15ClFN5O. The number of benzene rings is 2. The predicted molar refractivity (Wildman–Crippen MR) is 114 cm³/mol. The zero-order chi connectivity index (χ0) is 20.9. The van der Waals surface area contributed by atoms with Crippen molar-refractivity contribution in [1.82, 2.24) is 19.7 Å². The molecule has 0 amide bonds. The van der Waals surface area contributed by atoms with E-state index in [1.165, 1.54) is 18.5 Å². The molecule has 0 unspecified atom stereocenters. The van der Waals surface area contributed by atoms with Crippen molar-refractivity contribution in [3.63, 3.8) is 0 Å². The van der Waals surface area contributed by atoms with Crippen LogP contribution in [0.15, 0.2) is 78.9 Å². The molecule has 6 rings (SSSR count). The second-order valence-electron chi connectivity index (χ2n) is 7.37. The van der Waals surface area contributed by atoms with Crippen molar-refractivity contribution in [2.75, 3.05) is 5.32 Å². The number of nitrogens with one attached hydrogen (secondary N) is 1. The molecule has 2 aromatic carbocycles. The normalized spacial score (nSPS) is 19.0. The van der Waals surface area contributed by atoms with Gasteiger partial charge in [-0.25, -0.2) is 9.07 Å². The molecule has 2 aliphatic rings. The van der Waals surface area contributed by atoms with Gasteiger partial charge in [0.05, 0.1) is 5.70 Å². The maximum atomic E-state index is 14.2. The van der Waals surface area contributed by atoms with Crippen LogP contribution in [0.1, 0.15) is 28.8 Å². The van der Waals surface area contributed by atoms with E-state index in [1.54, 1.807) is 29.2 Å². The van der Waals surface area contributed by atoms with Crippen molar-refractivity contribution in [2.24, 2.45) is 0 Å². The molecule has 2 aliphatic heterocycles. The van der Waals surface area contributed by atoms with Crippen LogP contribution >= 0.6 is 11.6 Å². The number of ether oxygens (including phenoxy) is 1. The Morgan fingerprint density at radius 2 is 1.97 bits per heavy atom. The van der Waals surface area contributed by atoms with E-state index >= 15 is 0 Å². The number of fused-ring (bicyclic) bond motifs is 3. The van der Waals surface area contributed by atoms with E-state index in [-0.39, 0.29) is 11.9 Å². The molecule has 0 saturated carbocycles. The summed E-state index contributed by atoms with van der Waals surface area (Å²) >= 11 is 6.32. The predicted octanol–water partition coefficient (Wildman–Crippen LogP) is 5.03. The highest BCUT2D eigenvalue weighted by Gasteiger charge is 2.41. The molecule has 4 heterocycles. The van der Waals surface area contributed by atoms with Crippen molar-refractivity contribution in [3.8, 4) is 5.75 Å². The number of pyridine rings is 1. The van der Waals surface area contributed by atoms with Crippen LogP contribution in [0.4, 0.5) is 10.3 Å². The average molecular weight is 432 g/mol. The number of hydrogen-bond donors (Lipinski definition) is 1. The highest BCUT2D eigenvalue weighted by molar-refractivity contribution is 6.30. The van der Waals surface area contributed by atoms with Crippen LogP contribution in [0, 0.1) is 5.82 Å². The SMILES string of the molecule is Fc1cccc([C@H]2Oc3ccc(Cl)cc3C3=C2[C@@H](c2cccnc2)n2ncnc2N3)c1. The molecule has 0 spiro atoms. The summed E-state index contributed by atoms with van der Waals surface area (Å²) in [6.07, 6.45) is 4.47. The summed E-state index contributed by atoms with van der Waals surface area (Å²) in [6, 6.07) is 15.4. The van der Waals surface area contributed by atoms with E-state index in [4.69, 9.17) is 16.3 Å². The van der Waals surface area contributed by atoms with Gasteiger partial charge in [-0.05, 0) is 47.5 Å². The van der Waals surface area contributed by atoms with Gasteiger partial charge in [0.15, 0.2) is 0 Å². The first kappa shape index (κ1) is 18.1. The van der Waals surface area contributed by atoms with Crippen LogP contribution in [0.2, 0.25) is 5.02 Å². The summed E-state index contributed by atoms with van der Waals surface area (Å²) in [5.74, 6) is 0.925. The van der Waals surface area contributed by atoms with Gasteiger partial charge in [-0.15, -0.1) is 0 Å². The Hall–Kier alpha value is -3.71. The minimum absolute atomic E-state index is 0.326. The minimum Gasteiger partial charge on any atom is -0.480 e. The summed E-state index contributed by atoms with van der Waals surface area (Å²) in [4.78, 5) is 8.68. The molecule has 0 bridgehead atoms. The van der Waals surface area contributed by atoms with Crippen molar-refractivity contribution >= 4 is 23.2 Å². The van der Waals surface area contributed by atoms with E-state index in [0.29, 0.717) is 22.3 Å². The third-order valence-electron chi connectivity index (χ3n) is 5.53. The Labute approximate surface area is 182 Å². The Morgan fingerprint density at radius 3 is 2.81 bits per heavy atom. The Balaban J connectivity index is 1.65. The first-order chi connectivity index (χ1) is 15.2. The van der Waals surface area contributed by atoms with Crippen LogP contribution in [0.3, 0.4) is 0 Å². The van der Waals surface area contributed by atoms with Crippen LogP contribution in [0.5, 0.6) is 5.75 Å². The molecule has 0 fully saturated rings. The van der Waals surface area contributed by atoms with Crippen molar-refractivity contribution in [3.05, 3.63) is 106 Å². The number of nitrogens with zero attached hydrogens (tertiary/aromatic N) is 4. The van der Waals surface area contributed by atoms with E-state index in [2.05, 4.69) is 20.4 Å². The molecule has 1 N–H and O–H groups in total. The van der Waals surface area contributed by atoms with Crippen LogP contribution in [-0.4, -0.2) is 19.7 Å². The van der Waals surface area contributed by atoms with Gasteiger partial charge in [0, 0.05) is 28.6 Å². The smallest absolute Gasteiger partial charge is 0.226 e. The van der Waals surface area contributed by atoms with Gasteiger partial charge >= 0.3 is 0 Å². The van der Waals surface area contributed by atoms with Gasteiger partial charge in [-0.2, -0.15) is 10.1 Å². The maximum absolute atomic E-state index is 14.2. The number of anilines is 1. The van der Waals surface area contributed by atoms with Gasteiger partial charge in [0.2, 0.25) is 5.95 Å². The second-order valence-corrected chi connectivity index (χ2v) is 7.80. The molecule has 0 saturated heterocycles. The fourth-order valence-electron chi connectivity index (χ4n) is 4.24. The molecule has 2 atom stereocenters. The fraction of sp³-hybridized carbons (Fsp3) is 0.0870. The lowest BCUT2D eigenvalue weighted by Crippen LogP contribution is -2.32. The highest BCUT2D eigenvalue weighted by atomic mass is 35.5. The molecule has 8 heteroatoms. The lowest BCUT2D eigenvalue weighted by molar-refractivity contribution is 0.222. The molecule has 0 radical (unpaired) electrons. The summed E-state index contributed by atoms with van der Waals surface area (Å²) in [7, 11) is 0. The maximum Gasteiger partial charge on any atom is 0.226 e. The van der Waals surface area contributed by atoms with Gasteiger partial charge in [0.25, 0.3) is 0 Å². The second kappa shape index (κ2) is 6.92. The zero-order valence-corrected chi connectivity index (χ0v) is 16.8. The number of hydrogen-bond acceptors (Lipinski definition) is 5. The summed E-state index contributed by atoms with van der Waals surface area (Å²) < 4.78 is 22.4. The standard InChI is InChI=1S/C23H15ClFN5O/c24-15-6-7-18-17(10-15)20-19(22(31-18)13-3-1-5-16(25)9-13)21(14-4-2-8-26-11-14)30-23(29-20)27-12-28-30/h1-12,21-22H,(H,27,28,29)/t21-,22-/m1/s1. The molecule has 31 heavy (non-hydrogen) atoms. The van der Waals surface area contributed by atoms with Gasteiger partial charge in [-0.3, -0.25) is 4.98 Å². The minimum atomic E-state index is -0.547. The van der Waals surface area contributed by atoms with E-state index in [9.17, 15) is 4.39 Å². The van der Waals surface area contributed by atoms with Gasteiger partial charge < -0.3 is 10.1 Å². The Bertz CT molecular complexity index is 1340. The quantitative estimate of drug-likeness (QED) is 0.482. The molecule has 2 aromatic heterocycles. The van der Waals surface area contributed by atoms with E-state index in [0.717, 1.165) is 22.4 Å². The van der Waals surface area contributed by atoms with Crippen molar-refractivity contribution in [1.29, 1.82) is 0 Å². The molecule has 152 valence electrons. The summed E-state index contributed by atoms with van der Waals surface area (Å²) in [6.45, 7) is 0. The van der Waals surface area contributed by atoms with Crippen LogP contribution in [-0.2, 0) is 0 Å². The van der Waals surface area contributed by atoms with E-state index in [1.807, 2.05) is 30.3 Å². The highest BCUT2D eigenvalue weighted by Crippen LogP contribution is 2.50. The first-order valence-electron chi connectivity index (χ1n) is 9.71. The Morgan fingerprint density at radius 1 is 1.06 bits per heavy atom. The van der Waals surface area contributed by atoms with E-state index < -0.39 is 6.10 Å². The largest absolute Gasteiger partial charge is 0.480 e. The molecule has 4 aromatic rings. The third kappa shape index (κ3) is 2.89. The number of halogens is 2. The van der Waals surface area contributed by atoms with Crippen molar-refractivity contribution < 1.29 is 9.13 Å². The zero-order valence-electron chi connectivity index (χ0n) is 16.0. The van der Waals surface area contributed by atoms with Crippen molar-refractivity contribution in [2.45, 2.75) is 12.1 Å². The lowest BCUT2D eigenvalue weighted by atomic mass is 9.85. The number of aromatic nitrogens is 4. The van der Waals surface area contributed by atoms with Crippen LogP contribution < -0.4 is 10.1 Å². The summed E-state index contributed by atoms with van der Waals surface area (Å²) in [5, 5.41) is 8.43. The molecule has 6 nitrogen and oxygen atoms in total. The van der Waals surface area contributed by atoms with Gasteiger partial charge in [0.1, 0.15) is 30.0 Å². The first-order valence-corrected chi connectivity index (χ1v) is 10.1. The number of rotatable bonds is 2. The van der Waals surface area contributed by atoms with Gasteiger partial charge in [-0.1, -0.05) is 29.8 Å².